The number of carbonyl (C=O) groups excluding carboxylic acids is 1. The van der Waals surface area contributed by atoms with E-state index in [2.05, 4.69) is 0 Å². The molecule has 1 aliphatic carbocycles. The summed E-state index contributed by atoms with van der Waals surface area (Å²) >= 11 is 0. The molecule has 0 radical (unpaired) electrons. The molecule has 1 amide bonds. The number of para-hydroxylation sites is 2. The van der Waals surface area contributed by atoms with Gasteiger partial charge in [-0.25, -0.2) is 0 Å². The summed E-state index contributed by atoms with van der Waals surface area (Å²) in [6, 6.07) is 7.66. The van der Waals surface area contributed by atoms with Crippen LogP contribution >= 0.6 is 0 Å². The number of likely N-dealkylation sites (N-methyl/N-ethyl adjacent to an activating group) is 1. The standard InChI is InChI=1S/C15H19NO3/c1-2-16(15(17)11-7-8-11)9-12-10-18-13-5-3-4-6-14(13)19-12/h3-6,11-12H,2,7-10H2,1H3. The summed E-state index contributed by atoms with van der Waals surface area (Å²) in [6.45, 7) is 3.86. The van der Waals surface area contributed by atoms with Crippen LogP contribution in [-0.4, -0.2) is 36.6 Å². The minimum Gasteiger partial charge on any atom is -0.486 e. The second kappa shape index (κ2) is 5.11. The van der Waals surface area contributed by atoms with Crippen LogP contribution in [0.15, 0.2) is 24.3 Å². The van der Waals surface area contributed by atoms with E-state index in [4.69, 9.17) is 9.47 Å². The molecule has 1 aromatic rings. The first kappa shape index (κ1) is 12.3. The van der Waals surface area contributed by atoms with E-state index >= 15 is 0 Å². The first-order valence-corrected chi connectivity index (χ1v) is 6.95. The first-order valence-electron chi connectivity index (χ1n) is 6.95. The molecule has 0 N–H and O–H groups in total. The van der Waals surface area contributed by atoms with Gasteiger partial charge in [0, 0.05) is 12.5 Å². The number of amides is 1. The lowest BCUT2D eigenvalue weighted by molar-refractivity contribution is -0.133. The Hall–Kier alpha value is -1.71. The molecule has 0 saturated heterocycles. The van der Waals surface area contributed by atoms with Crippen molar-refractivity contribution >= 4 is 5.91 Å². The lowest BCUT2D eigenvalue weighted by Crippen LogP contribution is -2.44. The minimum atomic E-state index is -0.0717. The number of carbonyl (C=O) groups is 1. The van der Waals surface area contributed by atoms with Crippen LogP contribution in [0.4, 0.5) is 0 Å². The molecule has 1 saturated carbocycles. The number of nitrogens with zero attached hydrogens (tertiary/aromatic N) is 1. The maximum atomic E-state index is 12.1. The van der Waals surface area contributed by atoms with Gasteiger partial charge in [-0.2, -0.15) is 0 Å². The summed E-state index contributed by atoms with van der Waals surface area (Å²) in [4.78, 5) is 14.0. The number of hydrogen-bond donors (Lipinski definition) is 0. The van der Waals surface area contributed by atoms with Gasteiger partial charge in [0.05, 0.1) is 6.54 Å². The molecule has 4 nitrogen and oxygen atoms in total. The van der Waals surface area contributed by atoms with Crippen molar-refractivity contribution in [1.82, 2.24) is 4.90 Å². The molecular formula is C15H19NO3. The van der Waals surface area contributed by atoms with Crippen molar-refractivity contribution in [2.75, 3.05) is 19.7 Å². The van der Waals surface area contributed by atoms with Gasteiger partial charge >= 0.3 is 0 Å². The largest absolute Gasteiger partial charge is 0.486 e. The smallest absolute Gasteiger partial charge is 0.225 e. The number of fused-ring (bicyclic) bond motifs is 1. The lowest BCUT2D eigenvalue weighted by Gasteiger charge is -2.31. The third-order valence-electron chi connectivity index (χ3n) is 3.61. The molecule has 1 heterocycles. The fourth-order valence-electron chi connectivity index (χ4n) is 2.36. The minimum absolute atomic E-state index is 0.0717. The van der Waals surface area contributed by atoms with Gasteiger partial charge in [0.2, 0.25) is 5.91 Å². The number of ether oxygens (including phenoxy) is 2. The molecule has 1 unspecified atom stereocenters. The third-order valence-corrected chi connectivity index (χ3v) is 3.61. The van der Waals surface area contributed by atoms with Crippen LogP contribution < -0.4 is 9.47 Å². The van der Waals surface area contributed by atoms with Crippen molar-refractivity contribution in [3.63, 3.8) is 0 Å². The van der Waals surface area contributed by atoms with Gasteiger partial charge in [-0.15, -0.1) is 0 Å². The van der Waals surface area contributed by atoms with Crippen molar-refractivity contribution in [2.24, 2.45) is 5.92 Å². The molecule has 2 aliphatic rings. The van der Waals surface area contributed by atoms with E-state index in [1.807, 2.05) is 36.1 Å². The quantitative estimate of drug-likeness (QED) is 0.833. The van der Waals surface area contributed by atoms with Gasteiger partial charge in [0.15, 0.2) is 17.6 Å². The van der Waals surface area contributed by atoms with Crippen LogP contribution in [0.3, 0.4) is 0 Å². The second-order valence-corrected chi connectivity index (χ2v) is 5.15. The van der Waals surface area contributed by atoms with Crippen LogP contribution in [0.2, 0.25) is 0 Å². The Morgan fingerprint density at radius 3 is 2.74 bits per heavy atom. The van der Waals surface area contributed by atoms with E-state index in [9.17, 15) is 4.79 Å². The molecule has 19 heavy (non-hydrogen) atoms. The Balaban J connectivity index is 1.63. The van der Waals surface area contributed by atoms with Gasteiger partial charge in [-0.05, 0) is 31.9 Å². The molecule has 102 valence electrons. The van der Waals surface area contributed by atoms with Crippen molar-refractivity contribution in [3.8, 4) is 11.5 Å². The first-order chi connectivity index (χ1) is 9.28. The van der Waals surface area contributed by atoms with Gasteiger partial charge in [0.25, 0.3) is 0 Å². The molecule has 1 atom stereocenters. The number of rotatable bonds is 4. The summed E-state index contributed by atoms with van der Waals surface area (Å²) < 4.78 is 11.6. The molecule has 1 aromatic carbocycles. The molecule has 3 rings (SSSR count). The highest BCUT2D eigenvalue weighted by molar-refractivity contribution is 5.81. The van der Waals surface area contributed by atoms with Crippen LogP contribution in [0.25, 0.3) is 0 Å². The average molecular weight is 261 g/mol. The van der Waals surface area contributed by atoms with Crippen molar-refractivity contribution in [2.45, 2.75) is 25.9 Å². The van der Waals surface area contributed by atoms with Crippen LogP contribution in [-0.2, 0) is 4.79 Å². The van der Waals surface area contributed by atoms with Gasteiger partial charge in [0.1, 0.15) is 6.61 Å². The van der Waals surface area contributed by atoms with E-state index < -0.39 is 0 Å². The van der Waals surface area contributed by atoms with Crippen LogP contribution in [0.5, 0.6) is 11.5 Å². The average Bonchev–Trinajstić information content (AvgIpc) is 3.28. The highest BCUT2D eigenvalue weighted by atomic mass is 16.6. The second-order valence-electron chi connectivity index (χ2n) is 5.15. The Labute approximate surface area is 113 Å². The molecule has 0 aromatic heterocycles. The maximum Gasteiger partial charge on any atom is 0.225 e. The molecule has 4 heteroatoms. The van der Waals surface area contributed by atoms with Crippen molar-refractivity contribution < 1.29 is 14.3 Å². The Bertz CT molecular complexity index is 470. The normalized spacial score (nSPS) is 21.0. The van der Waals surface area contributed by atoms with E-state index in [1.54, 1.807) is 0 Å². The highest BCUT2D eigenvalue weighted by Gasteiger charge is 2.34. The number of benzene rings is 1. The fraction of sp³-hybridized carbons (Fsp3) is 0.533. The van der Waals surface area contributed by atoms with E-state index in [1.165, 1.54) is 0 Å². The van der Waals surface area contributed by atoms with Gasteiger partial charge in [-0.1, -0.05) is 12.1 Å². The van der Waals surface area contributed by atoms with E-state index in [0.29, 0.717) is 13.2 Å². The zero-order valence-electron chi connectivity index (χ0n) is 11.2. The van der Waals surface area contributed by atoms with Gasteiger partial charge in [-0.3, -0.25) is 4.79 Å². The SMILES string of the molecule is CCN(CC1COc2ccccc2O1)C(=O)C1CC1. The van der Waals surface area contributed by atoms with Crippen LogP contribution in [0.1, 0.15) is 19.8 Å². The van der Waals surface area contributed by atoms with Gasteiger partial charge < -0.3 is 14.4 Å². The van der Waals surface area contributed by atoms with E-state index in [0.717, 1.165) is 30.9 Å². The number of hydrogen-bond acceptors (Lipinski definition) is 3. The summed E-state index contributed by atoms with van der Waals surface area (Å²) in [5, 5.41) is 0. The topological polar surface area (TPSA) is 38.8 Å². The molecule has 0 spiro atoms. The van der Waals surface area contributed by atoms with Crippen molar-refractivity contribution in [3.05, 3.63) is 24.3 Å². The monoisotopic (exact) mass is 261 g/mol. The summed E-state index contributed by atoms with van der Waals surface area (Å²) in [5.74, 6) is 2.09. The summed E-state index contributed by atoms with van der Waals surface area (Å²) in [6.07, 6.45) is 2.01. The summed E-state index contributed by atoms with van der Waals surface area (Å²) in [5.41, 5.74) is 0. The Morgan fingerprint density at radius 1 is 1.32 bits per heavy atom. The fourth-order valence-corrected chi connectivity index (χ4v) is 2.36. The van der Waals surface area contributed by atoms with E-state index in [-0.39, 0.29) is 17.9 Å². The third kappa shape index (κ3) is 2.67. The van der Waals surface area contributed by atoms with Crippen molar-refractivity contribution in [1.29, 1.82) is 0 Å². The molecule has 1 fully saturated rings. The zero-order chi connectivity index (χ0) is 13.2. The summed E-state index contributed by atoms with van der Waals surface area (Å²) in [7, 11) is 0. The Kier molecular flexibility index (Phi) is 3.32. The highest BCUT2D eigenvalue weighted by Crippen LogP contribution is 2.33. The molecule has 1 aliphatic heterocycles. The van der Waals surface area contributed by atoms with Crippen LogP contribution in [0, 0.1) is 5.92 Å². The molecule has 0 bridgehead atoms. The predicted molar refractivity (Wildman–Crippen MR) is 71.3 cm³/mol. The predicted octanol–water partition coefficient (Wildman–Crippen LogP) is 2.08. The maximum absolute atomic E-state index is 12.1. The molecular weight excluding hydrogens is 242 g/mol. The zero-order valence-corrected chi connectivity index (χ0v) is 11.2. The lowest BCUT2D eigenvalue weighted by atomic mass is 10.2. The Morgan fingerprint density at radius 2 is 2.05 bits per heavy atom.